The molecule has 0 saturated carbocycles. The summed E-state index contributed by atoms with van der Waals surface area (Å²) in [6.07, 6.45) is 0. The third-order valence-corrected chi connectivity index (χ3v) is 3.22. The van der Waals surface area contributed by atoms with Crippen LogP contribution in [0.2, 0.25) is 0 Å². The second-order valence-corrected chi connectivity index (χ2v) is 4.42. The lowest BCUT2D eigenvalue weighted by molar-refractivity contribution is 0.196. The first-order chi connectivity index (χ1) is 5.54. The Morgan fingerprint density at radius 3 is 2.08 bits per heavy atom. The number of hydrogen-bond acceptors (Lipinski definition) is 3. The van der Waals surface area contributed by atoms with Gasteiger partial charge < -0.3 is 4.90 Å². The van der Waals surface area contributed by atoms with Crippen molar-refractivity contribution in [2.45, 2.75) is 6.92 Å². The highest BCUT2D eigenvalue weighted by Crippen LogP contribution is 2.03. The first-order valence-electron chi connectivity index (χ1n) is 4.04. The van der Waals surface area contributed by atoms with E-state index in [4.69, 9.17) is 5.14 Å². The van der Waals surface area contributed by atoms with E-state index >= 15 is 0 Å². The Morgan fingerprint density at radius 1 is 1.25 bits per heavy atom. The van der Waals surface area contributed by atoms with Crippen LogP contribution in [0.1, 0.15) is 6.92 Å². The Bertz CT molecular complexity index is 231. The molecular weight excluding hydrogens is 178 g/mol. The molecule has 2 N–H and O–H groups in total. The molecule has 0 radical (unpaired) electrons. The van der Waals surface area contributed by atoms with E-state index in [0.29, 0.717) is 13.1 Å². The van der Waals surface area contributed by atoms with E-state index in [0.717, 1.165) is 19.6 Å². The number of piperazine rings is 1. The minimum atomic E-state index is -3.45. The van der Waals surface area contributed by atoms with E-state index in [1.165, 1.54) is 4.31 Å². The molecule has 0 bridgehead atoms. The molecule has 5 nitrogen and oxygen atoms in total. The van der Waals surface area contributed by atoms with Gasteiger partial charge in [-0.1, -0.05) is 6.92 Å². The number of nitrogens with two attached hydrogens (primary N) is 1. The first-order valence-corrected chi connectivity index (χ1v) is 5.54. The molecule has 0 aromatic rings. The molecule has 1 fully saturated rings. The molecule has 1 heterocycles. The van der Waals surface area contributed by atoms with Crippen molar-refractivity contribution in [1.29, 1.82) is 0 Å². The predicted octanol–water partition coefficient (Wildman–Crippen LogP) is -1.17. The first kappa shape index (κ1) is 9.91. The standard InChI is InChI=1S/C6H15N3O2S/c1-2-8-3-5-9(6-4-8)12(7,10)11/h2-6H2,1H3,(H2,7,10,11). The van der Waals surface area contributed by atoms with Crippen molar-refractivity contribution < 1.29 is 8.42 Å². The molecular formula is C6H15N3O2S. The lowest BCUT2D eigenvalue weighted by Crippen LogP contribution is -2.50. The molecule has 1 rings (SSSR count). The van der Waals surface area contributed by atoms with Crippen LogP contribution in [0.25, 0.3) is 0 Å². The van der Waals surface area contributed by atoms with E-state index in [1.807, 2.05) is 0 Å². The van der Waals surface area contributed by atoms with Crippen LogP contribution < -0.4 is 5.14 Å². The summed E-state index contributed by atoms with van der Waals surface area (Å²) in [6.45, 7) is 5.64. The SMILES string of the molecule is CCN1CCN(S(N)(=O)=O)CC1. The molecule has 72 valence electrons. The highest BCUT2D eigenvalue weighted by atomic mass is 32.2. The van der Waals surface area contributed by atoms with Crippen molar-refractivity contribution in [3.05, 3.63) is 0 Å². The molecule has 0 unspecified atom stereocenters. The van der Waals surface area contributed by atoms with E-state index in [2.05, 4.69) is 11.8 Å². The second kappa shape index (κ2) is 3.69. The summed E-state index contributed by atoms with van der Waals surface area (Å²) in [7, 11) is -3.45. The van der Waals surface area contributed by atoms with Gasteiger partial charge in [0.1, 0.15) is 0 Å². The van der Waals surface area contributed by atoms with E-state index in [-0.39, 0.29) is 0 Å². The fourth-order valence-corrected chi connectivity index (χ4v) is 1.97. The topological polar surface area (TPSA) is 66.6 Å². The highest BCUT2D eigenvalue weighted by molar-refractivity contribution is 7.86. The Kier molecular flexibility index (Phi) is 3.05. The maximum Gasteiger partial charge on any atom is 0.276 e. The lowest BCUT2D eigenvalue weighted by atomic mass is 10.4. The average molecular weight is 193 g/mol. The summed E-state index contributed by atoms with van der Waals surface area (Å²) in [5, 5.41) is 4.98. The maximum atomic E-state index is 10.9. The van der Waals surface area contributed by atoms with Crippen LogP contribution >= 0.6 is 0 Å². The third-order valence-electron chi connectivity index (χ3n) is 2.14. The minimum absolute atomic E-state index is 0.521. The molecule has 0 amide bonds. The van der Waals surface area contributed by atoms with Crippen molar-refractivity contribution in [3.63, 3.8) is 0 Å². The molecule has 1 aliphatic heterocycles. The van der Waals surface area contributed by atoms with Crippen LogP contribution in [0, 0.1) is 0 Å². The van der Waals surface area contributed by atoms with Gasteiger partial charge in [-0.3, -0.25) is 0 Å². The van der Waals surface area contributed by atoms with Crippen molar-refractivity contribution in [2.75, 3.05) is 32.7 Å². The van der Waals surface area contributed by atoms with Crippen LogP contribution in [0.3, 0.4) is 0 Å². The van der Waals surface area contributed by atoms with Gasteiger partial charge in [0.05, 0.1) is 0 Å². The fourth-order valence-electron chi connectivity index (χ4n) is 1.30. The maximum absolute atomic E-state index is 10.9. The van der Waals surface area contributed by atoms with Crippen LogP contribution in [0.5, 0.6) is 0 Å². The van der Waals surface area contributed by atoms with Crippen molar-refractivity contribution in [2.24, 2.45) is 5.14 Å². The Morgan fingerprint density at radius 2 is 1.75 bits per heavy atom. The summed E-state index contributed by atoms with van der Waals surface area (Å²) in [5.41, 5.74) is 0. The van der Waals surface area contributed by atoms with Gasteiger partial charge in [-0.05, 0) is 6.54 Å². The molecule has 0 atom stereocenters. The number of likely N-dealkylation sites (N-methyl/N-ethyl adjacent to an activating group) is 1. The zero-order valence-electron chi connectivity index (χ0n) is 7.23. The predicted molar refractivity (Wildman–Crippen MR) is 46.8 cm³/mol. The van der Waals surface area contributed by atoms with Crippen LogP contribution in [-0.4, -0.2) is 50.3 Å². The molecule has 0 aliphatic carbocycles. The Hall–Kier alpha value is -0.170. The molecule has 6 heteroatoms. The smallest absolute Gasteiger partial charge is 0.276 e. The summed E-state index contributed by atoms with van der Waals surface area (Å²) in [5.74, 6) is 0. The van der Waals surface area contributed by atoms with Crippen LogP contribution in [-0.2, 0) is 10.2 Å². The summed E-state index contributed by atoms with van der Waals surface area (Å²) < 4.78 is 23.1. The number of nitrogens with zero attached hydrogens (tertiary/aromatic N) is 2. The van der Waals surface area contributed by atoms with Crippen molar-refractivity contribution >= 4 is 10.2 Å². The van der Waals surface area contributed by atoms with Crippen molar-refractivity contribution in [3.8, 4) is 0 Å². The fraction of sp³-hybridized carbons (Fsp3) is 1.00. The second-order valence-electron chi connectivity index (χ2n) is 2.88. The molecule has 0 aromatic heterocycles. The zero-order valence-corrected chi connectivity index (χ0v) is 8.05. The van der Waals surface area contributed by atoms with Crippen LogP contribution in [0.4, 0.5) is 0 Å². The van der Waals surface area contributed by atoms with Gasteiger partial charge in [0.2, 0.25) is 0 Å². The molecule has 0 aromatic carbocycles. The Labute approximate surface area is 73.3 Å². The molecule has 1 saturated heterocycles. The average Bonchev–Trinajstić information content (AvgIpc) is 2.03. The van der Waals surface area contributed by atoms with E-state index in [1.54, 1.807) is 0 Å². The number of hydrogen-bond donors (Lipinski definition) is 1. The summed E-state index contributed by atoms with van der Waals surface area (Å²) in [6, 6.07) is 0. The monoisotopic (exact) mass is 193 g/mol. The molecule has 0 spiro atoms. The summed E-state index contributed by atoms with van der Waals surface area (Å²) >= 11 is 0. The van der Waals surface area contributed by atoms with Gasteiger partial charge in [0.15, 0.2) is 0 Å². The van der Waals surface area contributed by atoms with E-state index < -0.39 is 10.2 Å². The van der Waals surface area contributed by atoms with Gasteiger partial charge in [-0.2, -0.15) is 12.7 Å². The van der Waals surface area contributed by atoms with Crippen molar-refractivity contribution in [1.82, 2.24) is 9.21 Å². The quantitative estimate of drug-likeness (QED) is 0.601. The highest BCUT2D eigenvalue weighted by Gasteiger charge is 2.22. The van der Waals surface area contributed by atoms with E-state index in [9.17, 15) is 8.42 Å². The molecule has 12 heavy (non-hydrogen) atoms. The van der Waals surface area contributed by atoms with Gasteiger partial charge in [-0.25, -0.2) is 5.14 Å². The summed E-state index contributed by atoms with van der Waals surface area (Å²) in [4.78, 5) is 2.20. The largest absolute Gasteiger partial charge is 0.301 e. The Balaban J connectivity index is 2.47. The lowest BCUT2D eigenvalue weighted by Gasteiger charge is -2.31. The normalized spacial score (nSPS) is 22.8. The van der Waals surface area contributed by atoms with Gasteiger partial charge in [0, 0.05) is 26.2 Å². The molecule has 1 aliphatic rings. The zero-order chi connectivity index (χ0) is 9.19. The third kappa shape index (κ3) is 2.41. The minimum Gasteiger partial charge on any atom is -0.301 e. The van der Waals surface area contributed by atoms with Gasteiger partial charge >= 0.3 is 0 Å². The van der Waals surface area contributed by atoms with Gasteiger partial charge in [-0.15, -0.1) is 0 Å². The van der Waals surface area contributed by atoms with Crippen LogP contribution in [0.15, 0.2) is 0 Å². The van der Waals surface area contributed by atoms with Gasteiger partial charge in [0.25, 0.3) is 10.2 Å². The number of rotatable bonds is 2.